The van der Waals surface area contributed by atoms with Gasteiger partial charge in [0.15, 0.2) is 6.29 Å². The molecule has 0 bridgehead atoms. The second-order valence-electron chi connectivity index (χ2n) is 6.14. The fourth-order valence-corrected chi connectivity index (χ4v) is 2.96. The molecule has 0 heterocycles. The minimum atomic E-state index is -0.240. The van der Waals surface area contributed by atoms with E-state index >= 15 is 0 Å². The highest BCUT2D eigenvalue weighted by Gasteiger charge is 2.14. The van der Waals surface area contributed by atoms with Gasteiger partial charge >= 0.3 is 0 Å². The highest BCUT2D eigenvalue weighted by Crippen LogP contribution is 2.26. The summed E-state index contributed by atoms with van der Waals surface area (Å²) in [6.07, 6.45) is 7.77. The summed E-state index contributed by atoms with van der Waals surface area (Å²) in [5.74, 6) is 1.62. The zero-order valence-electron chi connectivity index (χ0n) is 13.6. The van der Waals surface area contributed by atoms with Gasteiger partial charge in [-0.05, 0) is 42.5 Å². The van der Waals surface area contributed by atoms with Gasteiger partial charge in [-0.1, -0.05) is 50.8 Å². The Morgan fingerprint density at radius 2 is 1.91 bits per heavy atom. The van der Waals surface area contributed by atoms with Crippen LogP contribution in [0.4, 0.5) is 0 Å². The van der Waals surface area contributed by atoms with E-state index in [0.717, 1.165) is 30.3 Å². The zero-order valence-corrected chi connectivity index (χ0v) is 13.6. The number of hydrogen-bond acceptors (Lipinski definition) is 3. The summed E-state index contributed by atoms with van der Waals surface area (Å²) >= 11 is 0. The van der Waals surface area contributed by atoms with E-state index in [-0.39, 0.29) is 12.9 Å². The molecule has 0 aromatic heterocycles. The third-order valence-electron chi connectivity index (χ3n) is 4.36. The van der Waals surface area contributed by atoms with E-state index in [0.29, 0.717) is 5.57 Å². The van der Waals surface area contributed by atoms with Crippen LogP contribution >= 0.6 is 0 Å². The average molecular weight is 304 g/mol. The van der Waals surface area contributed by atoms with Crippen molar-refractivity contribution in [1.82, 2.24) is 0 Å². The summed E-state index contributed by atoms with van der Waals surface area (Å²) in [7, 11) is 0. The van der Waals surface area contributed by atoms with Crippen LogP contribution in [0.5, 0.6) is 5.75 Å². The normalized spacial score (nSPS) is 17.2. The van der Waals surface area contributed by atoms with E-state index in [2.05, 4.69) is 6.58 Å². The Hall–Kier alpha value is -1.32. The van der Waals surface area contributed by atoms with Crippen LogP contribution in [-0.2, 0) is 4.74 Å². The molecule has 1 N–H and O–H groups in total. The van der Waals surface area contributed by atoms with E-state index in [1.165, 1.54) is 32.1 Å². The number of hydrogen-bond donors (Lipinski definition) is 1. The first-order valence-corrected chi connectivity index (χ1v) is 8.36. The Morgan fingerprint density at radius 3 is 2.55 bits per heavy atom. The van der Waals surface area contributed by atoms with Gasteiger partial charge in [0.1, 0.15) is 5.75 Å². The van der Waals surface area contributed by atoms with Crippen LogP contribution in [0.3, 0.4) is 0 Å². The Kier molecular flexibility index (Phi) is 6.94. The molecule has 1 aromatic rings. The molecule has 122 valence electrons. The van der Waals surface area contributed by atoms with Gasteiger partial charge in [-0.25, -0.2) is 0 Å². The average Bonchev–Trinajstić information content (AvgIpc) is 2.56. The summed E-state index contributed by atoms with van der Waals surface area (Å²) in [5.41, 5.74) is 1.64. The van der Waals surface area contributed by atoms with Crippen molar-refractivity contribution in [3.63, 3.8) is 0 Å². The molecule has 3 heteroatoms. The van der Waals surface area contributed by atoms with Gasteiger partial charge < -0.3 is 14.6 Å². The number of aliphatic hydroxyl groups excluding tert-OH is 1. The van der Waals surface area contributed by atoms with Crippen molar-refractivity contribution in [2.24, 2.45) is 5.92 Å². The predicted molar refractivity (Wildman–Crippen MR) is 89.8 cm³/mol. The van der Waals surface area contributed by atoms with Crippen LogP contribution in [0, 0.1) is 5.92 Å². The van der Waals surface area contributed by atoms with Crippen LogP contribution in [0.15, 0.2) is 30.8 Å². The highest BCUT2D eigenvalue weighted by atomic mass is 16.7. The topological polar surface area (TPSA) is 38.7 Å². The monoisotopic (exact) mass is 304 g/mol. The number of rotatable bonds is 8. The van der Waals surface area contributed by atoms with Crippen molar-refractivity contribution in [2.75, 3.05) is 13.2 Å². The lowest BCUT2D eigenvalue weighted by Crippen LogP contribution is -2.19. The molecule has 1 aromatic carbocycles. The molecule has 1 saturated carbocycles. The maximum Gasteiger partial charge on any atom is 0.196 e. The van der Waals surface area contributed by atoms with Crippen molar-refractivity contribution in [1.29, 1.82) is 0 Å². The lowest BCUT2D eigenvalue weighted by Gasteiger charge is -2.22. The molecular weight excluding hydrogens is 276 g/mol. The third-order valence-corrected chi connectivity index (χ3v) is 4.36. The lowest BCUT2D eigenvalue weighted by molar-refractivity contribution is -0.0711. The van der Waals surface area contributed by atoms with Crippen LogP contribution in [0.25, 0.3) is 5.57 Å². The second kappa shape index (κ2) is 8.96. The minimum Gasteiger partial charge on any atom is -0.465 e. The maximum absolute atomic E-state index is 9.06. The van der Waals surface area contributed by atoms with E-state index in [1.54, 1.807) is 0 Å². The molecule has 0 amide bonds. The quantitative estimate of drug-likeness (QED) is 0.723. The summed E-state index contributed by atoms with van der Waals surface area (Å²) in [6, 6.07) is 7.58. The van der Waals surface area contributed by atoms with E-state index in [1.807, 2.05) is 31.2 Å². The fourth-order valence-electron chi connectivity index (χ4n) is 2.96. The highest BCUT2D eigenvalue weighted by molar-refractivity contribution is 5.64. The molecule has 0 spiro atoms. The molecule has 0 aliphatic heterocycles. The van der Waals surface area contributed by atoms with Crippen molar-refractivity contribution in [2.45, 2.75) is 51.7 Å². The van der Waals surface area contributed by atoms with Crippen LogP contribution in [0.1, 0.15) is 51.0 Å². The molecule has 3 nitrogen and oxygen atoms in total. The molecule has 1 unspecified atom stereocenters. The molecule has 1 aliphatic carbocycles. The molecule has 1 atom stereocenters. The first-order chi connectivity index (χ1) is 10.7. The van der Waals surface area contributed by atoms with Crippen molar-refractivity contribution < 1.29 is 14.6 Å². The molecule has 1 aliphatic rings. The molecule has 0 radical (unpaired) electrons. The molecule has 0 saturated heterocycles. The van der Waals surface area contributed by atoms with Crippen molar-refractivity contribution in [3.05, 3.63) is 36.4 Å². The molecule has 1 fully saturated rings. The van der Waals surface area contributed by atoms with Crippen molar-refractivity contribution in [3.8, 4) is 5.75 Å². The summed E-state index contributed by atoms with van der Waals surface area (Å²) in [4.78, 5) is 0. The van der Waals surface area contributed by atoms with Gasteiger partial charge in [0.25, 0.3) is 0 Å². The number of ether oxygens (including phenoxy) is 2. The number of aliphatic hydroxyl groups is 1. The van der Waals surface area contributed by atoms with E-state index < -0.39 is 0 Å². The Bertz CT molecular complexity index is 446. The largest absolute Gasteiger partial charge is 0.465 e. The SMILES string of the molecule is C=C(CO)c1ccc(OC(C)OCCC2CCCCC2)cc1. The molecule has 22 heavy (non-hydrogen) atoms. The fraction of sp³-hybridized carbons (Fsp3) is 0.579. The van der Waals surface area contributed by atoms with Gasteiger partial charge in [0.2, 0.25) is 0 Å². The van der Waals surface area contributed by atoms with Gasteiger partial charge in [-0.3, -0.25) is 0 Å². The van der Waals surface area contributed by atoms with Gasteiger partial charge in [-0.15, -0.1) is 0 Å². The van der Waals surface area contributed by atoms with Crippen molar-refractivity contribution >= 4 is 5.57 Å². The van der Waals surface area contributed by atoms with Gasteiger partial charge in [-0.2, -0.15) is 0 Å². The smallest absolute Gasteiger partial charge is 0.196 e. The lowest BCUT2D eigenvalue weighted by atomic mass is 9.87. The van der Waals surface area contributed by atoms with Gasteiger partial charge in [0, 0.05) is 0 Å². The summed E-state index contributed by atoms with van der Waals surface area (Å²) in [5, 5.41) is 9.06. The Balaban J connectivity index is 1.69. The Morgan fingerprint density at radius 1 is 1.23 bits per heavy atom. The molecule has 2 rings (SSSR count). The summed E-state index contributed by atoms with van der Waals surface area (Å²) < 4.78 is 11.5. The van der Waals surface area contributed by atoms with E-state index in [4.69, 9.17) is 14.6 Å². The maximum atomic E-state index is 9.06. The standard InChI is InChI=1S/C19H28O3/c1-15(14-20)18-8-10-19(11-9-18)22-16(2)21-13-12-17-6-4-3-5-7-17/h8-11,16-17,20H,1,3-7,12-14H2,2H3. The van der Waals surface area contributed by atoms with Crippen LogP contribution < -0.4 is 4.74 Å². The zero-order chi connectivity index (χ0) is 15.8. The van der Waals surface area contributed by atoms with Crippen LogP contribution in [0.2, 0.25) is 0 Å². The summed E-state index contributed by atoms with van der Waals surface area (Å²) in [6.45, 7) is 6.48. The predicted octanol–water partition coefficient (Wildman–Crippen LogP) is 4.40. The third kappa shape index (κ3) is 5.47. The first kappa shape index (κ1) is 17.0. The van der Waals surface area contributed by atoms with Gasteiger partial charge in [0.05, 0.1) is 13.2 Å². The first-order valence-electron chi connectivity index (χ1n) is 8.36. The molecular formula is C19H28O3. The number of benzene rings is 1. The Labute approximate surface area is 134 Å². The second-order valence-corrected chi connectivity index (χ2v) is 6.14. The van der Waals surface area contributed by atoms with E-state index in [9.17, 15) is 0 Å². The minimum absolute atomic E-state index is 0.0269. The van der Waals surface area contributed by atoms with Crippen LogP contribution in [-0.4, -0.2) is 24.6 Å².